The topological polar surface area (TPSA) is 67.4 Å². The van der Waals surface area contributed by atoms with Gasteiger partial charge in [0.15, 0.2) is 0 Å². The summed E-state index contributed by atoms with van der Waals surface area (Å²) in [7, 11) is 1.22. The first-order valence-electron chi connectivity index (χ1n) is 6.40. The van der Waals surface area contributed by atoms with Gasteiger partial charge in [-0.15, -0.1) is 11.3 Å². The lowest BCUT2D eigenvalue weighted by molar-refractivity contribution is -0.119. The summed E-state index contributed by atoms with van der Waals surface area (Å²) in [6.45, 7) is 0.0204. The minimum atomic E-state index is -0.755. The number of carbonyl (C=O) groups is 2. The average Bonchev–Trinajstić information content (AvgIpc) is 3.02. The number of thiophene rings is 1. The van der Waals surface area contributed by atoms with Gasteiger partial charge in [0.2, 0.25) is 5.91 Å². The maximum atomic E-state index is 11.6. The van der Waals surface area contributed by atoms with Gasteiger partial charge in [-0.2, -0.15) is 0 Å². The second-order valence-corrected chi connectivity index (χ2v) is 5.26. The molecule has 0 unspecified atom stereocenters. The van der Waals surface area contributed by atoms with Crippen LogP contribution in [-0.2, 0) is 9.53 Å². The van der Waals surface area contributed by atoms with Crippen LogP contribution in [-0.4, -0.2) is 25.7 Å². The Labute approximate surface area is 126 Å². The largest absolute Gasteiger partial charge is 0.453 e. The van der Waals surface area contributed by atoms with Crippen molar-refractivity contribution in [3.05, 3.63) is 58.3 Å². The predicted molar refractivity (Wildman–Crippen MR) is 81.2 cm³/mol. The van der Waals surface area contributed by atoms with E-state index in [0.717, 1.165) is 10.4 Å². The molecule has 0 spiro atoms. The van der Waals surface area contributed by atoms with Gasteiger partial charge in [-0.25, -0.2) is 4.79 Å². The molecule has 110 valence electrons. The zero-order chi connectivity index (χ0) is 15.1. The quantitative estimate of drug-likeness (QED) is 0.889. The van der Waals surface area contributed by atoms with Crippen molar-refractivity contribution in [3.63, 3.8) is 0 Å². The van der Waals surface area contributed by atoms with Crippen LogP contribution in [0, 0.1) is 0 Å². The van der Waals surface area contributed by atoms with Gasteiger partial charge < -0.3 is 4.74 Å². The zero-order valence-electron chi connectivity index (χ0n) is 11.5. The molecule has 21 heavy (non-hydrogen) atoms. The molecule has 0 saturated carbocycles. The molecule has 2 rings (SSSR count). The Balaban J connectivity index is 2.04. The number of nitrogens with one attached hydrogen (secondary N) is 2. The van der Waals surface area contributed by atoms with E-state index < -0.39 is 12.0 Å². The molecular formula is C15H16N2O3S. The summed E-state index contributed by atoms with van der Waals surface area (Å²) < 4.78 is 4.39. The smallest absolute Gasteiger partial charge is 0.413 e. The van der Waals surface area contributed by atoms with Gasteiger partial charge in [0.25, 0.3) is 0 Å². The Hall–Kier alpha value is -2.18. The molecule has 1 heterocycles. The number of alkyl carbamates (subject to hydrolysis) is 1. The summed E-state index contributed by atoms with van der Waals surface area (Å²) in [4.78, 5) is 23.7. The second kappa shape index (κ2) is 7.56. The second-order valence-electron chi connectivity index (χ2n) is 4.28. The predicted octanol–water partition coefficient (Wildman–Crippen LogP) is 2.31. The number of methoxy groups -OCH3 is 1. The minimum absolute atomic E-state index is 0.0204. The van der Waals surface area contributed by atoms with Crippen LogP contribution in [0.5, 0.6) is 0 Å². The normalized spacial score (nSPS) is 11.7. The third-order valence-corrected chi connectivity index (χ3v) is 3.79. The van der Waals surface area contributed by atoms with Gasteiger partial charge in [0.1, 0.15) is 0 Å². The van der Waals surface area contributed by atoms with E-state index in [2.05, 4.69) is 15.4 Å². The molecule has 5 nitrogen and oxygen atoms in total. The van der Waals surface area contributed by atoms with Gasteiger partial charge in [-0.1, -0.05) is 36.4 Å². The summed E-state index contributed by atoms with van der Waals surface area (Å²) in [5.41, 5.74) is 1.06. The van der Waals surface area contributed by atoms with Crippen LogP contribution in [0.15, 0.2) is 47.8 Å². The molecule has 2 aromatic rings. The number of ether oxygens (including phenoxy) is 1. The van der Waals surface area contributed by atoms with Crippen LogP contribution in [0.4, 0.5) is 4.79 Å². The maximum Gasteiger partial charge on any atom is 0.413 e. The molecular weight excluding hydrogens is 288 g/mol. The summed E-state index contributed by atoms with van der Waals surface area (Å²) in [6.07, 6.45) is -0.755. The Morgan fingerprint density at radius 2 is 1.95 bits per heavy atom. The molecule has 2 amide bonds. The van der Waals surface area contributed by atoms with Crippen LogP contribution in [0.3, 0.4) is 0 Å². The van der Waals surface area contributed by atoms with Gasteiger partial charge in [0, 0.05) is 4.88 Å². The molecule has 0 saturated heterocycles. The first-order valence-corrected chi connectivity index (χ1v) is 7.28. The fraction of sp³-hybridized carbons (Fsp3) is 0.200. The van der Waals surface area contributed by atoms with Gasteiger partial charge >= 0.3 is 6.09 Å². The number of rotatable bonds is 5. The van der Waals surface area contributed by atoms with E-state index >= 15 is 0 Å². The van der Waals surface area contributed by atoms with E-state index in [4.69, 9.17) is 0 Å². The zero-order valence-corrected chi connectivity index (χ0v) is 12.4. The minimum Gasteiger partial charge on any atom is -0.453 e. The van der Waals surface area contributed by atoms with E-state index in [-0.39, 0.29) is 12.6 Å². The van der Waals surface area contributed by atoms with Crippen molar-refractivity contribution in [2.75, 3.05) is 13.7 Å². The summed E-state index contributed by atoms with van der Waals surface area (Å²) >= 11 is 1.61. The van der Waals surface area contributed by atoms with Crippen molar-refractivity contribution in [1.82, 2.24) is 10.6 Å². The molecule has 0 fully saturated rings. The van der Waals surface area contributed by atoms with E-state index in [1.54, 1.807) is 11.3 Å². The Morgan fingerprint density at radius 3 is 2.57 bits per heavy atom. The SMILES string of the molecule is COC(=O)NC(=O)CN[C@H](c1ccccc1)c1cccs1. The maximum absolute atomic E-state index is 11.6. The van der Waals surface area contributed by atoms with Gasteiger partial charge in [-0.05, 0) is 17.0 Å². The van der Waals surface area contributed by atoms with Crippen molar-refractivity contribution in [1.29, 1.82) is 0 Å². The highest BCUT2D eigenvalue weighted by Gasteiger charge is 2.16. The lowest BCUT2D eigenvalue weighted by Gasteiger charge is -2.17. The molecule has 0 bridgehead atoms. The van der Waals surface area contributed by atoms with E-state index in [9.17, 15) is 9.59 Å². The molecule has 1 atom stereocenters. The van der Waals surface area contributed by atoms with Crippen LogP contribution in [0.1, 0.15) is 16.5 Å². The fourth-order valence-corrected chi connectivity index (χ4v) is 2.71. The number of hydrogen-bond donors (Lipinski definition) is 2. The molecule has 2 N–H and O–H groups in total. The van der Waals surface area contributed by atoms with Gasteiger partial charge in [0.05, 0.1) is 19.7 Å². The standard InChI is InChI=1S/C15H16N2O3S/c1-20-15(19)17-13(18)10-16-14(12-8-5-9-21-12)11-6-3-2-4-7-11/h2-9,14,16H,10H2,1H3,(H,17,18,19)/t14-/m1/s1. The van der Waals surface area contributed by atoms with E-state index in [0.29, 0.717) is 0 Å². The Morgan fingerprint density at radius 1 is 1.19 bits per heavy atom. The first kappa shape index (κ1) is 15.2. The number of imide groups is 1. The molecule has 0 aliphatic heterocycles. The highest BCUT2D eigenvalue weighted by atomic mass is 32.1. The van der Waals surface area contributed by atoms with Crippen LogP contribution in [0.2, 0.25) is 0 Å². The summed E-state index contributed by atoms with van der Waals surface area (Å²) in [6, 6.07) is 13.7. The highest BCUT2D eigenvalue weighted by Crippen LogP contribution is 2.25. The van der Waals surface area contributed by atoms with Crippen LogP contribution < -0.4 is 10.6 Å². The van der Waals surface area contributed by atoms with Crippen molar-refractivity contribution >= 4 is 23.3 Å². The molecule has 0 aliphatic carbocycles. The van der Waals surface area contributed by atoms with Gasteiger partial charge in [-0.3, -0.25) is 15.4 Å². The fourth-order valence-electron chi connectivity index (χ4n) is 1.89. The van der Waals surface area contributed by atoms with Crippen molar-refractivity contribution < 1.29 is 14.3 Å². The summed E-state index contributed by atoms with van der Waals surface area (Å²) in [5, 5.41) is 7.27. The number of amides is 2. The third kappa shape index (κ3) is 4.40. The van der Waals surface area contributed by atoms with Crippen molar-refractivity contribution in [2.24, 2.45) is 0 Å². The van der Waals surface area contributed by atoms with Crippen LogP contribution >= 0.6 is 11.3 Å². The lowest BCUT2D eigenvalue weighted by atomic mass is 10.1. The highest BCUT2D eigenvalue weighted by molar-refractivity contribution is 7.10. The third-order valence-electron chi connectivity index (χ3n) is 2.85. The monoisotopic (exact) mass is 304 g/mol. The van der Waals surface area contributed by atoms with Crippen molar-refractivity contribution in [3.8, 4) is 0 Å². The molecule has 0 aliphatic rings. The van der Waals surface area contributed by atoms with Crippen LogP contribution in [0.25, 0.3) is 0 Å². The average molecular weight is 304 g/mol. The number of benzene rings is 1. The first-order chi connectivity index (χ1) is 10.2. The number of hydrogen-bond acceptors (Lipinski definition) is 5. The number of carbonyl (C=O) groups excluding carboxylic acids is 2. The van der Waals surface area contributed by atoms with E-state index in [1.165, 1.54) is 7.11 Å². The van der Waals surface area contributed by atoms with E-state index in [1.807, 2.05) is 47.8 Å². The molecule has 1 aromatic carbocycles. The Bertz CT molecular complexity index is 584. The lowest BCUT2D eigenvalue weighted by Crippen LogP contribution is -2.39. The summed E-state index contributed by atoms with van der Waals surface area (Å²) in [5.74, 6) is -0.431. The molecule has 0 radical (unpaired) electrons. The molecule has 1 aromatic heterocycles. The Kier molecular flexibility index (Phi) is 5.48. The van der Waals surface area contributed by atoms with Crippen molar-refractivity contribution in [2.45, 2.75) is 6.04 Å². The molecule has 6 heteroatoms.